The van der Waals surface area contributed by atoms with Crippen LogP contribution in [0.4, 0.5) is 5.82 Å². The fourth-order valence-electron chi connectivity index (χ4n) is 1.71. The van der Waals surface area contributed by atoms with Gasteiger partial charge in [-0.05, 0) is 26.0 Å². The summed E-state index contributed by atoms with van der Waals surface area (Å²) in [5.74, 6) is 0.444. The third-order valence-electron chi connectivity index (χ3n) is 2.41. The molecule has 0 bridgehead atoms. The summed E-state index contributed by atoms with van der Waals surface area (Å²) in [6.45, 7) is 3.63. The lowest BCUT2D eigenvalue weighted by atomic mass is 10.3. The number of pyridine rings is 1. The number of carbonyl (C=O) groups is 2. The molecule has 1 aliphatic rings. The van der Waals surface area contributed by atoms with Crippen LogP contribution in [0.2, 0.25) is 0 Å². The first-order chi connectivity index (χ1) is 8.58. The van der Waals surface area contributed by atoms with E-state index in [9.17, 15) is 9.59 Å². The lowest BCUT2D eigenvalue weighted by Gasteiger charge is -2.27. The van der Waals surface area contributed by atoms with Crippen LogP contribution in [0.5, 0.6) is 5.75 Å². The predicted molar refractivity (Wildman–Crippen MR) is 65.4 cm³/mol. The molecule has 6 heteroatoms. The SMILES string of the molecule is CC(C)NC(=O)CN1C(=O)COc2cccnc21. The van der Waals surface area contributed by atoms with Crippen molar-refractivity contribution in [3.05, 3.63) is 18.3 Å². The molecular formula is C12H15N3O3. The Morgan fingerprint density at radius 3 is 3.11 bits per heavy atom. The lowest BCUT2D eigenvalue weighted by molar-refractivity contribution is -0.125. The van der Waals surface area contributed by atoms with E-state index in [4.69, 9.17) is 4.74 Å². The van der Waals surface area contributed by atoms with Gasteiger partial charge in [0.1, 0.15) is 6.54 Å². The van der Waals surface area contributed by atoms with E-state index < -0.39 is 0 Å². The molecule has 6 nitrogen and oxygen atoms in total. The third kappa shape index (κ3) is 2.58. The van der Waals surface area contributed by atoms with Gasteiger partial charge >= 0.3 is 0 Å². The first-order valence-electron chi connectivity index (χ1n) is 5.75. The van der Waals surface area contributed by atoms with E-state index in [-0.39, 0.29) is 31.0 Å². The molecule has 0 saturated heterocycles. The number of nitrogens with zero attached hydrogens (tertiary/aromatic N) is 2. The minimum atomic E-state index is -0.264. The van der Waals surface area contributed by atoms with E-state index in [1.54, 1.807) is 18.3 Å². The number of ether oxygens (including phenoxy) is 1. The van der Waals surface area contributed by atoms with Gasteiger partial charge in [-0.3, -0.25) is 14.5 Å². The molecule has 1 N–H and O–H groups in total. The molecule has 1 aliphatic heterocycles. The van der Waals surface area contributed by atoms with Crippen molar-refractivity contribution in [1.29, 1.82) is 0 Å². The van der Waals surface area contributed by atoms with Crippen LogP contribution >= 0.6 is 0 Å². The molecule has 2 amide bonds. The molecule has 0 unspecified atom stereocenters. The number of nitrogens with one attached hydrogen (secondary N) is 1. The second-order valence-electron chi connectivity index (χ2n) is 4.32. The number of hydrogen-bond donors (Lipinski definition) is 1. The van der Waals surface area contributed by atoms with Gasteiger partial charge < -0.3 is 10.1 Å². The summed E-state index contributed by atoms with van der Waals surface area (Å²) in [6, 6.07) is 3.49. The quantitative estimate of drug-likeness (QED) is 0.838. The van der Waals surface area contributed by atoms with Crippen LogP contribution in [0, 0.1) is 0 Å². The zero-order valence-corrected chi connectivity index (χ0v) is 10.3. The van der Waals surface area contributed by atoms with E-state index in [0.29, 0.717) is 11.6 Å². The molecule has 1 aromatic heterocycles. The van der Waals surface area contributed by atoms with Crippen LogP contribution < -0.4 is 15.0 Å². The summed E-state index contributed by atoms with van der Waals surface area (Å²) in [4.78, 5) is 28.9. The third-order valence-corrected chi connectivity index (χ3v) is 2.41. The second kappa shape index (κ2) is 5.03. The summed E-state index contributed by atoms with van der Waals surface area (Å²) in [6.07, 6.45) is 1.56. The number of anilines is 1. The zero-order chi connectivity index (χ0) is 13.1. The minimum Gasteiger partial charge on any atom is -0.480 e. The van der Waals surface area contributed by atoms with Gasteiger partial charge in [0, 0.05) is 12.2 Å². The average Bonchev–Trinajstić information content (AvgIpc) is 2.32. The highest BCUT2D eigenvalue weighted by Crippen LogP contribution is 2.28. The summed E-state index contributed by atoms with van der Waals surface area (Å²) < 4.78 is 5.24. The Labute approximate surface area is 105 Å². The number of fused-ring (bicyclic) bond motifs is 1. The normalized spacial score (nSPS) is 14.2. The van der Waals surface area contributed by atoms with Gasteiger partial charge in [0.05, 0.1) is 0 Å². The van der Waals surface area contributed by atoms with Crippen LogP contribution in [0.1, 0.15) is 13.8 Å². The molecule has 0 saturated carbocycles. The van der Waals surface area contributed by atoms with Crippen molar-refractivity contribution in [2.24, 2.45) is 0 Å². The molecule has 0 radical (unpaired) electrons. The Kier molecular flexibility index (Phi) is 3.45. The molecule has 0 aromatic carbocycles. The Morgan fingerprint density at radius 1 is 1.61 bits per heavy atom. The average molecular weight is 249 g/mol. The Bertz CT molecular complexity index is 473. The van der Waals surface area contributed by atoms with Crippen molar-refractivity contribution >= 4 is 17.6 Å². The van der Waals surface area contributed by atoms with E-state index in [0.717, 1.165) is 0 Å². The number of aromatic nitrogens is 1. The molecule has 0 atom stereocenters. The summed E-state index contributed by atoms with van der Waals surface area (Å²) in [5, 5.41) is 2.74. The number of hydrogen-bond acceptors (Lipinski definition) is 4. The smallest absolute Gasteiger partial charge is 0.266 e. The minimum absolute atomic E-state index is 0.0373. The lowest BCUT2D eigenvalue weighted by Crippen LogP contribution is -2.46. The fourth-order valence-corrected chi connectivity index (χ4v) is 1.71. The van der Waals surface area contributed by atoms with Crippen molar-refractivity contribution in [3.8, 4) is 5.75 Å². The zero-order valence-electron chi connectivity index (χ0n) is 10.3. The number of amides is 2. The van der Waals surface area contributed by atoms with Gasteiger partial charge in [-0.1, -0.05) is 0 Å². The summed E-state index contributed by atoms with van der Waals surface area (Å²) >= 11 is 0. The Morgan fingerprint density at radius 2 is 2.39 bits per heavy atom. The monoisotopic (exact) mass is 249 g/mol. The number of carbonyl (C=O) groups excluding carboxylic acids is 2. The molecule has 18 heavy (non-hydrogen) atoms. The van der Waals surface area contributed by atoms with Gasteiger partial charge in [0.15, 0.2) is 18.2 Å². The standard InChI is InChI=1S/C12H15N3O3/c1-8(2)14-10(16)6-15-11(17)7-18-9-4-3-5-13-12(9)15/h3-5,8H,6-7H2,1-2H3,(H,14,16). The van der Waals surface area contributed by atoms with Crippen LogP contribution in [-0.4, -0.2) is 36.0 Å². The maximum absolute atomic E-state index is 11.8. The first kappa shape index (κ1) is 12.3. The van der Waals surface area contributed by atoms with Crippen molar-refractivity contribution in [1.82, 2.24) is 10.3 Å². The van der Waals surface area contributed by atoms with Gasteiger partial charge in [-0.25, -0.2) is 4.98 Å². The molecule has 1 aromatic rings. The van der Waals surface area contributed by atoms with Crippen molar-refractivity contribution in [3.63, 3.8) is 0 Å². The second-order valence-corrected chi connectivity index (χ2v) is 4.32. The van der Waals surface area contributed by atoms with E-state index in [1.807, 2.05) is 13.8 Å². The molecule has 2 rings (SSSR count). The Hall–Kier alpha value is -2.11. The van der Waals surface area contributed by atoms with Crippen LogP contribution in [-0.2, 0) is 9.59 Å². The van der Waals surface area contributed by atoms with Gasteiger partial charge in [0.2, 0.25) is 5.91 Å². The molecule has 0 spiro atoms. The highest BCUT2D eigenvalue weighted by atomic mass is 16.5. The fraction of sp³-hybridized carbons (Fsp3) is 0.417. The van der Waals surface area contributed by atoms with Crippen molar-refractivity contribution in [2.75, 3.05) is 18.1 Å². The number of rotatable bonds is 3. The van der Waals surface area contributed by atoms with Gasteiger partial charge in [0.25, 0.3) is 5.91 Å². The van der Waals surface area contributed by atoms with Crippen LogP contribution in [0.25, 0.3) is 0 Å². The topological polar surface area (TPSA) is 71.5 Å². The van der Waals surface area contributed by atoms with Gasteiger partial charge in [-0.15, -0.1) is 0 Å². The summed E-state index contributed by atoms with van der Waals surface area (Å²) in [7, 11) is 0. The van der Waals surface area contributed by atoms with E-state index in [1.165, 1.54) is 4.90 Å². The van der Waals surface area contributed by atoms with Crippen LogP contribution in [0.3, 0.4) is 0 Å². The highest BCUT2D eigenvalue weighted by molar-refractivity contribution is 6.01. The summed E-state index contributed by atoms with van der Waals surface area (Å²) in [5.41, 5.74) is 0. The molecule has 0 fully saturated rings. The highest BCUT2D eigenvalue weighted by Gasteiger charge is 2.28. The van der Waals surface area contributed by atoms with Crippen molar-refractivity contribution in [2.45, 2.75) is 19.9 Å². The van der Waals surface area contributed by atoms with E-state index >= 15 is 0 Å². The Balaban J connectivity index is 2.17. The molecule has 96 valence electrons. The molecular weight excluding hydrogens is 234 g/mol. The largest absolute Gasteiger partial charge is 0.480 e. The first-order valence-corrected chi connectivity index (χ1v) is 5.75. The van der Waals surface area contributed by atoms with Gasteiger partial charge in [-0.2, -0.15) is 0 Å². The van der Waals surface area contributed by atoms with Crippen molar-refractivity contribution < 1.29 is 14.3 Å². The molecule has 0 aliphatic carbocycles. The predicted octanol–water partition coefficient (Wildman–Crippen LogP) is 0.332. The maximum atomic E-state index is 11.8. The van der Waals surface area contributed by atoms with Crippen LogP contribution in [0.15, 0.2) is 18.3 Å². The molecule has 2 heterocycles. The van der Waals surface area contributed by atoms with E-state index in [2.05, 4.69) is 10.3 Å². The maximum Gasteiger partial charge on any atom is 0.266 e.